The van der Waals surface area contributed by atoms with Gasteiger partial charge in [-0.25, -0.2) is 4.39 Å². The summed E-state index contributed by atoms with van der Waals surface area (Å²) in [5, 5.41) is 3.54. The van der Waals surface area contributed by atoms with Gasteiger partial charge in [-0.1, -0.05) is 13.0 Å². The molecule has 2 atom stereocenters. The van der Waals surface area contributed by atoms with E-state index in [9.17, 15) is 4.39 Å². The van der Waals surface area contributed by atoms with Crippen molar-refractivity contribution >= 4 is 15.9 Å². The molecule has 0 radical (unpaired) electrons. The van der Waals surface area contributed by atoms with Crippen LogP contribution in [-0.2, 0) is 0 Å². The van der Waals surface area contributed by atoms with Gasteiger partial charge in [-0.15, -0.1) is 0 Å². The van der Waals surface area contributed by atoms with E-state index in [1.165, 1.54) is 18.9 Å². The van der Waals surface area contributed by atoms with Crippen LogP contribution < -0.4 is 5.32 Å². The first kappa shape index (κ1) is 14.9. The van der Waals surface area contributed by atoms with Crippen LogP contribution in [0.2, 0.25) is 0 Å². The molecule has 2 nitrogen and oxygen atoms in total. The lowest BCUT2D eigenvalue weighted by Gasteiger charge is -2.30. The monoisotopic (exact) mass is 328 g/mol. The van der Waals surface area contributed by atoms with E-state index in [1.54, 1.807) is 0 Å². The first-order chi connectivity index (χ1) is 9.11. The van der Waals surface area contributed by atoms with Crippen molar-refractivity contribution < 1.29 is 4.39 Å². The molecular weight excluding hydrogens is 307 g/mol. The molecule has 0 aromatic heterocycles. The average Bonchev–Trinajstić information content (AvgIpc) is 2.91. The van der Waals surface area contributed by atoms with Crippen LogP contribution in [0.3, 0.4) is 0 Å². The lowest BCUT2D eigenvalue weighted by atomic mass is 10.1. The Morgan fingerprint density at radius 3 is 2.89 bits per heavy atom. The molecule has 4 heteroatoms. The standard InChI is InChI=1S/C15H22BrFN2/c1-3-19(10-13-5-4-8-18-13)11(2)12-6-7-15(17)14(16)9-12/h6-7,9,11,13,18H,3-5,8,10H2,1-2H3. The second-order valence-electron chi connectivity index (χ2n) is 5.23. The Labute approximate surface area is 123 Å². The molecular formula is C15H22BrFN2. The van der Waals surface area contributed by atoms with Crippen LogP contribution in [0.25, 0.3) is 0 Å². The van der Waals surface area contributed by atoms with E-state index in [-0.39, 0.29) is 5.82 Å². The summed E-state index contributed by atoms with van der Waals surface area (Å²) in [4.78, 5) is 2.45. The highest BCUT2D eigenvalue weighted by atomic mass is 79.9. The van der Waals surface area contributed by atoms with Gasteiger partial charge in [0.05, 0.1) is 4.47 Å². The fourth-order valence-corrected chi connectivity index (χ4v) is 3.14. The van der Waals surface area contributed by atoms with Crippen LogP contribution in [0.5, 0.6) is 0 Å². The van der Waals surface area contributed by atoms with Crippen molar-refractivity contribution in [2.24, 2.45) is 0 Å². The minimum atomic E-state index is -0.198. The number of nitrogens with zero attached hydrogens (tertiary/aromatic N) is 1. The van der Waals surface area contributed by atoms with E-state index < -0.39 is 0 Å². The molecule has 1 fully saturated rings. The number of likely N-dealkylation sites (N-methyl/N-ethyl adjacent to an activating group) is 1. The molecule has 2 unspecified atom stereocenters. The van der Waals surface area contributed by atoms with Crippen LogP contribution in [-0.4, -0.2) is 30.6 Å². The van der Waals surface area contributed by atoms with Gasteiger partial charge in [-0.2, -0.15) is 0 Å². The Kier molecular flexibility index (Phi) is 5.37. The first-order valence-electron chi connectivity index (χ1n) is 7.04. The quantitative estimate of drug-likeness (QED) is 0.886. The van der Waals surface area contributed by atoms with Crippen LogP contribution in [0.1, 0.15) is 38.3 Å². The molecule has 1 aliphatic heterocycles. The fourth-order valence-electron chi connectivity index (χ4n) is 2.74. The lowest BCUT2D eigenvalue weighted by molar-refractivity contribution is 0.202. The van der Waals surface area contributed by atoms with Crippen molar-refractivity contribution in [2.75, 3.05) is 19.6 Å². The third-order valence-electron chi connectivity index (χ3n) is 4.00. The van der Waals surface area contributed by atoms with Crippen molar-refractivity contribution in [1.29, 1.82) is 0 Å². The van der Waals surface area contributed by atoms with Gasteiger partial charge < -0.3 is 5.32 Å². The number of halogens is 2. The summed E-state index contributed by atoms with van der Waals surface area (Å²) in [6.45, 7) is 7.59. The third-order valence-corrected chi connectivity index (χ3v) is 4.60. The van der Waals surface area contributed by atoms with Crippen LogP contribution in [0.15, 0.2) is 22.7 Å². The van der Waals surface area contributed by atoms with E-state index in [1.807, 2.05) is 12.1 Å². The second kappa shape index (κ2) is 6.82. The Morgan fingerprint density at radius 1 is 1.53 bits per heavy atom. The molecule has 1 heterocycles. The zero-order valence-electron chi connectivity index (χ0n) is 11.6. The Hall–Kier alpha value is -0.450. The second-order valence-corrected chi connectivity index (χ2v) is 6.08. The molecule has 19 heavy (non-hydrogen) atoms. The largest absolute Gasteiger partial charge is 0.313 e. The Morgan fingerprint density at radius 2 is 2.32 bits per heavy atom. The Bertz CT molecular complexity index is 419. The summed E-state index contributed by atoms with van der Waals surface area (Å²) in [5.74, 6) is -0.198. The zero-order valence-corrected chi connectivity index (χ0v) is 13.2. The number of nitrogens with one attached hydrogen (secondary N) is 1. The van der Waals surface area contributed by atoms with Crippen molar-refractivity contribution in [3.05, 3.63) is 34.1 Å². The molecule has 1 aromatic carbocycles. The first-order valence-corrected chi connectivity index (χ1v) is 7.83. The van der Waals surface area contributed by atoms with Crippen molar-refractivity contribution in [3.63, 3.8) is 0 Å². The van der Waals surface area contributed by atoms with E-state index in [0.29, 0.717) is 16.6 Å². The van der Waals surface area contributed by atoms with Gasteiger partial charge in [-0.05, 0) is 66.5 Å². The zero-order chi connectivity index (χ0) is 13.8. The minimum Gasteiger partial charge on any atom is -0.313 e. The minimum absolute atomic E-state index is 0.198. The van der Waals surface area contributed by atoms with Gasteiger partial charge in [0.25, 0.3) is 0 Å². The molecule has 0 aliphatic carbocycles. The topological polar surface area (TPSA) is 15.3 Å². The highest BCUT2D eigenvalue weighted by Crippen LogP contribution is 2.25. The smallest absolute Gasteiger partial charge is 0.137 e. The maximum Gasteiger partial charge on any atom is 0.137 e. The number of hydrogen-bond donors (Lipinski definition) is 1. The molecule has 2 rings (SSSR count). The van der Waals surface area contributed by atoms with Crippen LogP contribution >= 0.6 is 15.9 Å². The summed E-state index contributed by atoms with van der Waals surface area (Å²) >= 11 is 3.27. The van der Waals surface area contributed by atoms with Gasteiger partial charge in [0.2, 0.25) is 0 Å². The van der Waals surface area contributed by atoms with E-state index in [4.69, 9.17) is 0 Å². The van der Waals surface area contributed by atoms with Gasteiger partial charge >= 0.3 is 0 Å². The lowest BCUT2D eigenvalue weighted by Crippen LogP contribution is -2.38. The Balaban J connectivity index is 2.05. The third kappa shape index (κ3) is 3.77. The summed E-state index contributed by atoms with van der Waals surface area (Å²) in [5.41, 5.74) is 1.16. The van der Waals surface area contributed by atoms with Crippen LogP contribution in [0.4, 0.5) is 4.39 Å². The SMILES string of the molecule is CCN(CC1CCCN1)C(C)c1ccc(F)c(Br)c1. The predicted molar refractivity (Wildman–Crippen MR) is 80.8 cm³/mol. The maximum atomic E-state index is 13.3. The van der Waals surface area contributed by atoms with E-state index in [0.717, 1.165) is 25.2 Å². The number of hydrogen-bond acceptors (Lipinski definition) is 2. The summed E-state index contributed by atoms with van der Waals surface area (Å²) in [7, 11) is 0. The van der Waals surface area contributed by atoms with E-state index >= 15 is 0 Å². The van der Waals surface area contributed by atoms with Gasteiger partial charge in [0.1, 0.15) is 5.82 Å². The van der Waals surface area contributed by atoms with Crippen molar-refractivity contribution in [3.8, 4) is 0 Å². The molecule has 106 valence electrons. The summed E-state index contributed by atoms with van der Waals surface area (Å²) in [6, 6.07) is 6.23. The molecule has 0 spiro atoms. The van der Waals surface area contributed by atoms with Gasteiger partial charge in [0, 0.05) is 18.6 Å². The molecule has 0 saturated carbocycles. The van der Waals surface area contributed by atoms with Gasteiger partial charge in [-0.3, -0.25) is 4.90 Å². The fraction of sp³-hybridized carbons (Fsp3) is 0.600. The summed E-state index contributed by atoms with van der Waals surface area (Å²) < 4.78 is 13.9. The number of rotatable bonds is 5. The average molecular weight is 329 g/mol. The molecule has 1 aromatic rings. The van der Waals surface area contributed by atoms with Crippen LogP contribution in [0, 0.1) is 5.82 Å². The molecule has 1 N–H and O–H groups in total. The highest BCUT2D eigenvalue weighted by molar-refractivity contribution is 9.10. The summed E-state index contributed by atoms with van der Waals surface area (Å²) in [6.07, 6.45) is 2.54. The normalized spacial score (nSPS) is 21.0. The van der Waals surface area contributed by atoms with Crippen molar-refractivity contribution in [2.45, 2.75) is 38.8 Å². The van der Waals surface area contributed by atoms with Crippen molar-refractivity contribution in [1.82, 2.24) is 10.2 Å². The highest BCUT2D eigenvalue weighted by Gasteiger charge is 2.21. The predicted octanol–water partition coefficient (Wildman–Crippen LogP) is 3.72. The molecule has 0 bridgehead atoms. The van der Waals surface area contributed by atoms with E-state index in [2.05, 4.69) is 40.0 Å². The molecule has 1 aliphatic rings. The molecule has 1 saturated heterocycles. The maximum absolute atomic E-state index is 13.3. The number of benzene rings is 1. The van der Waals surface area contributed by atoms with Gasteiger partial charge in [0.15, 0.2) is 0 Å². The molecule has 0 amide bonds.